The van der Waals surface area contributed by atoms with Crippen molar-refractivity contribution in [3.05, 3.63) is 64.5 Å². The lowest BCUT2D eigenvalue weighted by Crippen LogP contribution is -2.52. The molecule has 2 unspecified atom stereocenters. The number of hydrogen-bond donors (Lipinski definition) is 2. The van der Waals surface area contributed by atoms with Gasteiger partial charge in [0.1, 0.15) is 11.9 Å². The van der Waals surface area contributed by atoms with Crippen molar-refractivity contribution in [3.63, 3.8) is 0 Å². The van der Waals surface area contributed by atoms with E-state index in [1.165, 1.54) is 10.5 Å². The van der Waals surface area contributed by atoms with Crippen LogP contribution >= 0.6 is 0 Å². The molecule has 3 aromatic rings. The first-order valence-electron chi connectivity index (χ1n) is 12.4. The largest absolute Gasteiger partial charge is 0.342 e. The van der Waals surface area contributed by atoms with E-state index in [1.54, 1.807) is 18.2 Å². The van der Waals surface area contributed by atoms with Crippen molar-refractivity contribution >= 4 is 34.7 Å². The first-order chi connectivity index (χ1) is 17.4. The Morgan fingerprint density at radius 3 is 2.78 bits per heavy atom. The number of nitrogens with zero attached hydrogens (tertiary/aromatic N) is 3. The Bertz CT molecular complexity index is 1430. The van der Waals surface area contributed by atoms with Crippen molar-refractivity contribution in [2.75, 3.05) is 13.1 Å². The van der Waals surface area contributed by atoms with Crippen LogP contribution in [0.2, 0.25) is 0 Å². The Morgan fingerprint density at radius 2 is 1.94 bits per heavy atom. The van der Waals surface area contributed by atoms with Gasteiger partial charge in [0.25, 0.3) is 11.8 Å². The molecule has 3 aliphatic rings. The minimum absolute atomic E-state index is 0.0682. The molecule has 0 bridgehead atoms. The smallest absolute Gasteiger partial charge is 0.255 e. The van der Waals surface area contributed by atoms with Gasteiger partial charge in [0.2, 0.25) is 11.8 Å². The van der Waals surface area contributed by atoms with Gasteiger partial charge in [0.05, 0.1) is 11.0 Å². The van der Waals surface area contributed by atoms with Crippen LogP contribution in [0.3, 0.4) is 0 Å². The van der Waals surface area contributed by atoms with E-state index in [0.29, 0.717) is 30.6 Å². The fourth-order valence-electron chi connectivity index (χ4n) is 5.61. The number of likely N-dealkylation sites (tertiary alicyclic amines) is 1. The molecule has 9 heteroatoms. The summed E-state index contributed by atoms with van der Waals surface area (Å²) in [5.41, 5.74) is 4.89. The third-order valence-electron chi connectivity index (χ3n) is 7.52. The van der Waals surface area contributed by atoms with E-state index >= 15 is 0 Å². The summed E-state index contributed by atoms with van der Waals surface area (Å²) in [7, 11) is 0. The quantitative estimate of drug-likeness (QED) is 0.554. The number of carbonyl (C=O) groups is 4. The van der Waals surface area contributed by atoms with Gasteiger partial charge in [0, 0.05) is 43.1 Å². The number of carbonyl (C=O) groups excluding carboxylic acids is 4. The molecule has 2 atom stereocenters. The summed E-state index contributed by atoms with van der Waals surface area (Å²) in [6, 6.07) is 10.6. The normalized spacial score (nSPS) is 22.2. The molecule has 3 aliphatic heterocycles. The number of piperidine rings is 2. The summed E-state index contributed by atoms with van der Waals surface area (Å²) in [5.74, 6) is -0.0188. The summed E-state index contributed by atoms with van der Waals surface area (Å²) in [6.45, 7) is 3.56. The van der Waals surface area contributed by atoms with Gasteiger partial charge in [-0.15, -0.1) is 0 Å². The second-order valence-corrected chi connectivity index (χ2v) is 10.0. The number of amides is 4. The number of hydrogen-bond acceptors (Lipinski definition) is 5. The Morgan fingerprint density at radius 1 is 1.08 bits per heavy atom. The molecule has 0 aliphatic carbocycles. The van der Waals surface area contributed by atoms with E-state index in [0.717, 1.165) is 35.3 Å². The van der Waals surface area contributed by atoms with Crippen LogP contribution in [0.4, 0.5) is 0 Å². The number of aryl methyl sites for hydroxylation is 1. The number of imide groups is 1. The van der Waals surface area contributed by atoms with Crippen molar-refractivity contribution in [2.45, 2.75) is 51.1 Å². The standard InChI is InChI=1S/C27H27N5O4/c1-15-4-7-20-21(11-15)29-24(28-20)17-3-2-10-31(13-17)26(35)16-5-6-19-18(12-16)14-32(27(19)36)22-8-9-23(33)30-25(22)34/h4-7,11-12,17,22H,2-3,8-10,13-14H2,1H3,(H,28,29)(H,30,33,34). The zero-order chi connectivity index (χ0) is 25.0. The summed E-state index contributed by atoms with van der Waals surface area (Å²) >= 11 is 0. The SMILES string of the molecule is Cc1ccc2nc(C3CCCN(C(=O)c4ccc5c(c4)CN(C4CCC(=O)NC4=O)C5=O)C3)[nH]c2c1. The summed E-state index contributed by atoms with van der Waals surface area (Å²) in [6.07, 6.45) is 2.37. The van der Waals surface area contributed by atoms with Crippen LogP contribution in [-0.2, 0) is 16.1 Å². The third kappa shape index (κ3) is 3.84. The highest BCUT2D eigenvalue weighted by molar-refractivity contribution is 6.06. The molecule has 4 amide bonds. The Kier molecular flexibility index (Phi) is 5.35. The molecule has 1 aromatic heterocycles. The van der Waals surface area contributed by atoms with Crippen LogP contribution in [-0.4, -0.2) is 62.5 Å². The van der Waals surface area contributed by atoms with Crippen LogP contribution in [0.15, 0.2) is 36.4 Å². The van der Waals surface area contributed by atoms with E-state index < -0.39 is 11.9 Å². The molecule has 36 heavy (non-hydrogen) atoms. The Labute approximate surface area is 207 Å². The van der Waals surface area contributed by atoms with Crippen LogP contribution in [0.25, 0.3) is 11.0 Å². The number of nitrogens with one attached hydrogen (secondary N) is 2. The molecule has 0 saturated carbocycles. The average molecular weight is 486 g/mol. The molecule has 6 rings (SSSR count). The van der Waals surface area contributed by atoms with Crippen LogP contribution in [0.1, 0.15) is 69.3 Å². The molecule has 2 saturated heterocycles. The lowest BCUT2D eigenvalue weighted by molar-refractivity contribution is -0.136. The van der Waals surface area contributed by atoms with Gasteiger partial charge in [-0.05, 0) is 67.6 Å². The molecule has 0 radical (unpaired) electrons. The molecule has 4 heterocycles. The fourth-order valence-corrected chi connectivity index (χ4v) is 5.61. The lowest BCUT2D eigenvalue weighted by atomic mass is 9.96. The number of fused-ring (bicyclic) bond motifs is 2. The van der Waals surface area contributed by atoms with Gasteiger partial charge in [-0.1, -0.05) is 6.07 Å². The fraction of sp³-hybridized carbons (Fsp3) is 0.370. The van der Waals surface area contributed by atoms with Gasteiger partial charge < -0.3 is 14.8 Å². The second-order valence-electron chi connectivity index (χ2n) is 10.0. The Balaban J connectivity index is 1.19. The molecule has 2 aromatic carbocycles. The van der Waals surface area contributed by atoms with Crippen LogP contribution < -0.4 is 5.32 Å². The molecule has 2 fully saturated rings. The van der Waals surface area contributed by atoms with Gasteiger partial charge >= 0.3 is 0 Å². The van der Waals surface area contributed by atoms with Crippen molar-refractivity contribution < 1.29 is 19.2 Å². The highest BCUT2D eigenvalue weighted by atomic mass is 16.2. The van der Waals surface area contributed by atoms with Gasteiger partial charge in [-0.2, -0.15) is 0 Å². The van der Waals surface area contributed by atoms with Gasteiger partial charge in [-0.3, -0.25) is 24.5 Å². The zero-order valence-corrected chi connectivity index (χ0v) is 20.0. The summed E-state index contributed by atoms with van der Waals surface area (Å²) in [5, 5.41) is 2.31. The maximum Gasteiger partial charge on any atom is 0.255 e. The zero-order valence-electron chi connectivity index (χ0n) is 20.0. The molecular formula is C27H27N5O4. The third-order valence-corrected chi connectivity index (χ3v) is 7.52. The number of aromatic nitrogens is 2. The van der Waals surface area contributed by atoms with Crippen molar-refractivity contribution in [1.82, 2.24) is 25.1 Å². The minimum atomic E-state index is -0.669. The Hall–Kier alpha value is -4.01. The summed E-state index contributed by atoms with van der Waals surface area (Å²) in [4.78, 5) is 61.8. The number of aromatic amines is 1. The maximum absolute atomic E-state index is 13.4. The minimum Gasteiger partial charge on any atom is -0.342 e. The van der Waals surface area contributed by atoms with Crippen LogP contribution in [0.5, 0.6) is 0 Å². The first-order valence-corrected chi connectivity index (χ1v) is 12.4. The number of benzene rings is 2. The molecule has 0 spiro atoms. The monoisotopic (exact) mass is 485 g/mol. The number of rotatable bonds is 3. The predicted octanol–water partition coefficient (Wildman–Crippen LogP) is 2.65. The molecular weight excluding hydrogens is 458 g/mol. The highest BCUT2D eigenvalue weighted by Gasteiger charge is 2.39. The van der Waals surface area contributed by atoms with E-state index in [9.17, 15) is 19.2 Å². The second kappa shape index (κ2) is 8.58. The van der Waals surface area contributed by atoms with E-state index in [1.807, 2.05) is 17.0 Å². The van der Waals surface area contributed by atoms with Crippen molar-refractivity contribution in [3.8, 4) is 0 Å². The average Bonchev–Trinajstić information content (AvgIpc) is 3.44. The topological polar surface area (TPSA) is 115 Å². The van der Waals surface area contributed by atoms with Crippen LogP contribution in [0, 0.1) is 6.92 Å². The maximum atomic E-state index is 13.4. The molecule has 9 nitrogen and oxygen atoms in total. The number of H-pyrrole nitrogens is 1. The highest BCUT2D eigenvalue weighted by Crippen LogP contribution is 2.31. The van der Waals surface area contributed by atoms with E-state index in [2.05, 4.69) is 23.3 Å². The van der Waals surface area contributed by atoms with Gasteiger partial charge in [0.15, 0.2) is 0 Å². The van der Waals surface area contributed by atoms with Gasteiger partial charge in [-0.25, -0.2) is 4.98 Å². The van der Waals surface area contributed by atoms with Crippen molar-refractivity contribution in [2.24, 2.45) is 0 Å². The molecule has 2 N–H and O–H groups in total. The van der Waals surface area contributed by atoms with E-state index in [-0.39, 0.29) is 36.6 Å². The predicted molar refractivity (Wildman–Crippen MR) is 131 cm³/mol. The summed E-state index contributed by atoms with van der Waals surface area (Å²) < 4.78 is 0. The van der Waals surface area contributed by atoms with E-state index in [4.69, 9.17) is 4.98 Å². The first kappa shape index (κ1) is 22.5. The lowest BCUT2D eigenvalue weighted by Gasteiger charge is -2.32. The molecule has 184 valence electrons. The number of imidazole rings is 1. The van der Waals surface area contributed by atoms with Crippen molar-refractivity contribution in [1.29, 1.82) is 0 Å².